The quantitative estimate of drug-likeness (QED) is 0.0263. The molecule has 18 nitrogen and oxygen atoms in total. The van der Waals surface area contributed by atoms with Gasteiger partial charge in [0.2, 0.25) is 0 Å². The molecule has 5 N–H and O–H groups in total. The van der Waals surface area contributed by atoms with Crippen LogP contribution in [-0.2, 0) is 67.2 Å². The molecule has 6 rings (SSSR count). The number of allylic oxidation sites excluding steroid dienone is 3. The van der Waals surface area contributed by atoms with Crippen LogP contribution in [0.1, 0.15) is 103 Å². The topological polar surface area (TPSA) is 260 Å². The molecule has 2 fully saturated rings. The van der Waals surface area contributed by atoms with Crippen molar-refractivity contribution in [1.82, 2.24) is 10.3 Å². The van der Waals surface area contributed by atoms with Gasteiger partial charge in [-0.1, -0.05) is 102 Å². The predicted molar refractivity (Wildman–Crippen MR) is 268 cm³/mol. The van der Waals surface area contributed by atoms with E-state index < -0.39 is 67.8 Å². The number of carboxylic acid groups (broad SMARTS) is 2. The molecule has 0 radical (unpaired) electrons. The van der Waals surface area contributed by atoms with Crippen molar-refractivity contribution in [3.8, 4) is 11.1 Å². The third-order valence-electron chi connectivity index (χ3n) is 12.3. The first-order chi connectivity index (χ1) is 34.1. The van der Waals surface area contributed by atoms with E-state index in [1.807, 2.05) is 19.9 Å². The van der Waals surface area contributed by atoms with E-state index >= 15 is 0 Å². The van der Waals surface area contributed by atoms with Gasteiger partial charge in [-0.2, -0.15) is 0 Å². The number of esters is 2. The zero-order valence-electron chi connectivity index (χ0n) is 42.6. The number of hydrogen-bond donors (Lipinski definition) is 5. The maximum absolute atomic E-state index is 14.7. The first kappa shape index (κ1) is 58.7. The summed E-state index contributed by atoms with van der Waals surface area (Å²) in [6.45, 7) is 16.9. The van der Waals surface area contributed by atoms with Crippen LogP contribution in [0.3, 0.4) is 0 Å². The number of anilines is 1. The van der Waals surface area contributed by atoms with Crippen LogP contribution in [0.2, 0.25) is 0 Å². The number of nitrogens with one attached hydrogen (secondary N) is 2. The van der Waals surface area contributed by atoms with Crippen LogP contribution in [0.25, 0.3) is 22.8 Å². The Morgan fingerprint density at radius 1 is 0.726 bits per heavy atom. The van der Waals surface area contributed by atoms with Crippen molar-refractivity contribution < 1.29 is 87.3 Å². The van der Waals surface area contributed by atoms with Gasteiger partial charge in [0.15, 0.2) is 12.4 Å². The number of carbonyl (C=O) groups is 6. The van der Waals surface area contributed by atoms with Crippen molar-refractivity contribution in [2.75, 3.05) is 25.3 Å². The first-order valence-electron chi connectivity index (χ1n) is 23.9. The minimum Gasteiger partial charge on any atom is -0.512 e. The molecule has 4 unspecified atom stereocenters. The van der Waals surface area contributed by atoms with Gasteiger partial charge in [-0.25, -0.2) is 24.2 Å². The Morgan fingerprint density at radius 3 is 1.71 bits per heavy atom. The number of aliphatic carboxylic acids is 2. The summed E-state index contributed by atoms with van der Waals surface area (Å²) in [4.78, 5) is 90.4. The summed E-state index contributed by atoms with van der Waals surface area (Å²) in [6.07, 6.45) is 5.29. The number of amides is 1. The maximum atomic E-state index is 14.7. The molecule has 0 spiro atoms. The molecule has 73 heavy (non-hydrogen) atoms. The number of nitrogens with zero attached hydrogens (tertiary/aromatic N) is 2. The van der Waals surface area contributed by atoms with Crippen LogP contribution in [0.15, 0.2) is 101 Å². The van der Waals surface area contributed by atoms with Gasteiger partial charge < -0.3 is 54.9 Å². The largest absolute Gasteiger partial charge is 0.512 e. The van der Waals surface area contributed by atoms with E-state index in [0.29, 0.717) is 28.5 Å². The van der Waals surface area contributed by atoms with E-state index in [2.05, 4.69) is 45.1 Å². The number of carboxylic acids is 2. The summed E-state index contributed by atoms with van der Waals surface area (Å²) >= 11 is 0. The summed E-state index contributed by atoms with van der Waals surface area (Å²) in [5.41, 5.74) is 4.57. The van der Waals surface area contributed by atoms with Crippen LogP contribution in [0.5, 0.6) is 0 Å². The molecule has 388 valence electrons. The molecule has 19 heteroatoms. The molecule has 2 heterocycles. The number of aliphatic imine (C=N–C) groups is 1. The fourth-order valence-corrected chi connectivity index (χ4v) is 9.84. The molecule has 1 aromatic heterocycles. The van der Waals surface area contributed by atoms with Gasteiger partial charge in [-0.15, -0.1) is 0 Å². The summed E-state index contributed by atoms with van der Waals surface area (Å²) in [6, 6.07) is 17.9. The number of benzene rings is 2. The van der Waals surface area contributed by atoms with E-state index in [1.165, 1.54) is 19.9 Å². The standard InChI is InChI=1S/C49H58N4O12.C5H8O2.Zn/c1-26-18-28(3)44(29(4)19-26)63-48(59)42-40(33-14-10-8-11-15-33)35(50-46(42)52-37(54)23-61-24-38(55)56)22-36-41(34-16-12-9-13-17-34)43(47(51-36)53-65-32(7)62-25-39(57)58)49(60)64-45-30(5)20-27(2)21-31(45)6;1-4(6)3-5(2)7;/h8-17,22,26-31,44-45H,7,18-21,23-25H2,1-6H3,(H5,50,51,52,53,54,55,56,57,58,59,60);3,6H,1-2H3;/p-1/b;4-3-;. The second-order valence-electron chi connectivity index (χ2n) is 19.0. The minimum absolute atomic E-state index is 0. The SMILES string of the molecule is C=C(OCC(=O)O)ONc1[n-]c(/C=C2\N=C(NC(=O)COCC(=O)O)C(C(=O)OC3C(C)CC(C)CC3C)=C2c2ccccc2)c(-c2ccccc2)c1C(=O)OC1C(C)CC(C)CC1C.CC(=O)/C=C(/C)O.[Zn]. The van der Waals surface area contributed by atoms with Gasteiger partial charge in [-0.3, -0.25) is 9.59 Å². The molecular weight excluding hydrogens is 994 g/mol. The first-order valence-corrected chi connectivity index (χ1v) is 23.9. The van der Waals surface area contributed by atoms with Gasteiger partial charge in [0.05, 0.1) is 17.0 Å². The normalized spacial score (nSPS) is 23.1. The van der Waals surface area contributed by atoms with E-state index in [4.69, 9.17) is 49.1 Å². The van der Waals surface area contributed by atoms with Crippen molar-refractivity contribution in [3.05, 3.63) is 113 Å². The predicted octanol–water partition coefficient (Wildman–Crippen LogP) is 8.53. The van der Waals surface area contributed by atoms with Crippen molar-refractivity contribution >= 4 is 58.9 Å². The zero-order chi connectivity index (χ0) is 52.8. The number of aliphatic hydroxyl groups is 1. The van der Waals surface area contributed by atoms with Gasteiger partial charge in [0.1, 0.15) is 36.8 Å². The number of ether oxygens (including phenoxy) is 4. The Labute approximate surface area is 438 Å². The van der Waals surface area contributed by atoms with E-state index in [0.717, 1.165) is 25.7 Å². The molecule has 2 aromatic carbocycles. The number of aromatic nitrogens is 1. The number of amidine groups is 1. The molecule has 3 aliphatic rings. The average molecular weight is 1060 g/mol. The number of carbonyl (C=O) groups excluding carboxylic acids is 4. The smallest absolute Gasteiger partial charge is 0.342 e. The number of rotatable bonds is 18. The third-order valence-corrected chi connectivity index (χ3v) is 12.3. The Kier molecular flexibility index (Phi) is 21.9. The summed E-state index contributed by atoms with van der Waals surface area (Å²) in [5.74, 6) is -4.44. The van der Waals surface area contributed by atoms with Gasteiger partial charge >= 0.3 is 23.9 Å². The Balaban J connectivity index is 0.00000134. The minimum atomic E-state index is -1.27. The van der Waals surface area contributed by atoms with Gasteiger partial charge in [-0.05, 0) is 116 Å². The van der Waals surface area contributed by atoms with Gasteiger partial charge in [0.25, 0.3) is 11.9 Å². The van der Waals surface area contributed by atoms with Crippen molar-refractivity contribution in [2.24, 2.45) is 40.5 Å². The van der Waals surface area contributed by atoms with Crippen LogP contribution < -0.4 is 15.8 Å². The molecular formula is C54H65N4O14Zn-. The zero-order valence-corrected chi connectivity index (χ0v) is 45.6. The van der Waals surface area contributed by atoms with Gasteiger partial charge in [0, 0.05) is 31.1 Å². The monoisotopic (exact) mass is 1060 g/mol. The second kappa shape index (κ2) is 27.3. The summed E-state index contributed by atoms with van der Waals surface area (Å²) in [7, 11) is 0. The van der Waals surface area contributed by atoms with E-state index in [-0.39, 0.29) is 94.4 Å². The molecule has 2 saturated carbocycles. The van der Waals surface area contributed by atoms with Crippen LogP contribution >= 0.6 is 0 Å². The Bertz CT molecular complexity index is 2580. The molecule has 2 aliphatic carbocycles. The van der Waals surface area contributed by atoms with E-state index in [1.54, 1.807) is 60.7 Å². The van der Waals surface area contributed by atoms with E-state index in [9.17, 15) is 28.8 Å². The van der Waals surface area contributed by atoms with Crippen molar-refractivity contribution in [3.63, 3.8) is 0 Å². The summed E-state index contributed by atoms with van der Waals surface area (Å²) < 4.78 is 22.8. The molecule has 4 atom stereocenters. The van der Waals surface area contributed by atoms with Crippen LogP contribution in [-0.4, -0.2) is 88.8 Å². The Morgan fingerprint density at radius 2 is 1.23 bits per heavy atom. The molecule has 0 bridgehead atoms. The van der Waals surface area contributed by atoms with Crippen LogP contribution in [0, 0.1) is 35.5 Å². The van der Waals surface area contributed by atoms with Crippen molar-refractivity contribution in [2.45, 2.75) is 93.3 Å². The molecule has 3 aromatic rings. The molecule has 1 amide bonds. The fourth-order valence-electron chi connectivity index (χ4n) is 9.84. The second-order valence-corrected chi connectivity index (χ2v) is 19.0. The molecule has 0 saturated heterocycles. The Hall–Kier alpha value is -6.85. The number of hydrogen-bond acceptors (Lipinski definition) is 14. The molecule has 1 aliphatic heterocycles. The number of ketones is 1. The fraction of sp³-hybridized carbons (Fsp3) is 0.426. The number of aliphatic hydroxyl groups excluding tert-OH is 1. The van der Waals surface area contributed by atoms with Crippen LogP contribution in [0.4, 0.5) is 5.82 Å². The third kappa shape index (κ3) is 16.6. The summed E-state index contributed by atoms with van der Waals surface area (Å²) in [5, 5.41) is 29.3. The average Bonchev–Trinajstić information content (AvgIpc) is 3.84. The maximum Gasteiger partial charge on any atom is 0.342 e. The van der Waals surface area contributed by atoms with Crippen molar-refractivity contribution in [1.29, 1.82) is 0 Å².